The van der Waals surface area contributed by atoms with E-state index < -0.39 is 0 Å². The molecule has 0 saturated heterocycles. The summed E-state index contributed by atoms with van der Waals surface area (Å²) in [7, 11) is 0. The SMILES string of the molecule is CCCNC(c1cccc(CC(C)C)c1)C(C)(C)OCC. The van der Waals surface area contributed by atoms with Gasteiger partial charge in [0.05, 0.1) is 11.6 Å². The molecule has 0 aromatic heterocycles. The van der Waals surface area contributed by atoms with E-state index in [4.69, 9.17) is 4.74 Å². The molecule has 1 rings (SSSR count). The van der Waals surface area contributed by atoms with Crippen molar-refractivity contribution < 1.29 is 4.74 Å². The first kappa shape index (κ1) is 18.2. The van der Waals surface area contributed by atoms with Gasteiger partial charge in [-0.3, -0.25) is 0 Å². The van der Waals surface area contributed by atoms with Crippen LogP contribution in [0.15, 0.2) is 24.3 Å². The molecule has 0 bridgehead atoms. The minimum absolute atomic E-state index is 0.208. The van der Waals surface area contributed by atoms with E-state index in [2.05, 4.69) is 71.1 Å². The molecule has 0 aliphatic heterocycles. The summed E-state index contributed by atoms with van der Waals surface area (Å²) in [6.45, 7) is 14.9. The molecule has 1 aromatic carbocycles. The molecule has 1 atom stereocenters. The third kappa shape index (κ3) is 5.80. The Hall–Kier alpha value is -0.860. The molecule has 1 N–H and O–H groups in total. The lowest BCUT2D eigenvalue weighted by atomic mass is 9.89. The van der Waals surface area contributed by atoms with Gasteiger partial charge in [0, 0.05) is 6.61 Å². The monoisotopic (exact) mass is 291 g/mol. The summed E-state index contributed by atoms with van der Waals surface area (Å²) in [4.78, 5) is 0. The number of benzene rings is 1. The van der Waals surface area contributed by atoms with Gasteiger partial charge in [0.1, 0.15) is 0 Å². The van der Waals surface area contributed by atoms with Crippen molar-refractivity contribution in [3.63, 3.8) is 0 Å². The van der Waals surface area contributed by atoms with Gasteiger partial charge in [0.2, 0.25) is 0 Å². The van der Waals surface area contributed by atoms with Crippen LogP contribution in [-0.2, 0) is 11.2 Å². The van der Waals surface area contributed by atoms with Crippen molar-refractivity contribution in [3.05, 3.63) is 35.4 Å². The summed E-state index contributed by atoms with van der Waals surface area (Å²) in [5.74, 6) is 0.683. The van der Waals surface area contributed by atoms with Crippen molar-refractivity contribution in [2.45, 2.75) is 66.0 Å². The van der Waals surface area contributed by atoms with Crippen molar-refractivity contribution in [1.82, 2.24) is 5.32 Å². The predicted molar refractivity (Wildman–Crippen MR) is 91.7 cm³/mol. The van der Waals surface area contributed by atoms with Crippen LogP contribution in [0.5, 0.6) is 0 Å². The molecular formula is C19H33NO. The predicted octanol–water partition coefficient (Wildman–Crippen LogP) is 4.74. The molecule has 0 aliphatic rings. The van der Waals surface area contributed by atoms with Crippen LogP contribution in [0.25, 0.3) is 0 Å². The number of rotatable bonds is 9. The fourth-order valence-electron chi connectivity index (χ4n) is 2.88. The van der Waals surface area contributed by atoms with Crippen LogP contribution in [0.3, 0.4) is 0 Å². The number of ether oxygens (including phenoxy) is 1. The zero-order valence-corrected chi connectivity index (χ0v) is 14.7. The highest BCUT2D eigenvalue weighted by Crippen LogP contribution is 2.30. The van der Waals surface area contributed by atoms with Crippen molar-refractivity contribution in [1.29, 1.82) is 0 Å². The highest BCUT2D eigenvalue weighted by Gasteiger charge is 2.31. The van der Waals surface area contributed by atoms with Crippen LogP contribution in [0.2, 0.25) is 0 Å². The zero-order valence-electron chi connectivity index (χ0n) is 14.7. The summed E-state index contributed by atoms with van der Waals surface area (Å²) in [6, 6.07) is 9.19. The summed E-state index contributed by atoms with van der Waals surface area (Å²) < 4.78 is 6.00. The van der Waals surface area contributed by atoms with Gasteiger partial charge >= 0.3 is 0 Å². The van der Waals surface area contributed by atoms with Crippen molar-refractivity contribution >= 4 is 0 Å². The highest BCUT2D eigenvalue weighted by atomic mass is 16.5. The van der Waals surface area contributed by atoms with Gasteiger partial charge in [-0.25, -0.2) is 0 Å². The molecule has 2 nitrogen and oxygen atoms in total. The lowest BCUT2D eigenvalue weighted by Gasteiger charge is -2.35. The number of hydrogen-bond acceptors (Lipinski definition) is 2. The lowest BCUT2D eigenvalue weighted by molar-refractivity contribution is -0.0391. The summed E-state index contributed by atoms with van der Waals surface area (Å²) >= 11 is 0. The van der Waals surface area contributed by atoms with Gasteiger partial charge in [-0.2, -0.15) is 0 Å². The minimum Gasteiger partial charge on any atom is -0.374 e. The molecule has 0 spiro atoms. The summed E-state index contributed by atoms with van der Waals surface area (Å²) in [5, 5.41) is 3.67. The average molecular weight is 291 g/mol. The van der Waals surface area contributed by atoms with Crippen LogP contribution >= 0.6 is 0 Å². The third-order valence-electron chi connectivity index (χ3n) is 3.74. The Bertz CT molecular complexity index is 412. The molecule has 0 saturated carbocycles. The molecule has 120 valence electrons. The van der Waals surface area contributed by atoms with E-state index in [-0.39, 0.29) is 11.6 Å². The Labute approximate surface area is 131 Å². The first-order valence-corrected chi connectivity index (χ1v) is 8.36. The molecule has 1 unspecified atom stereocenters. The van der Waals surface area contributed by atoms with E-state index >= 15 is 0 Å². The maximum Gasteiger partial charge on any atom is 0.0820 e. The van der Waals surface area contributed by atoms with Crippen LogP contribution < -0.4 is 5.32 Å². The Morgan fingerprint density at radius 2 is 1.90 bits per heavy atom. The van der Waals surface area contributed by atoms with Gasteiger partial charge in [0.15, 0.2) is 0 Å². The third-order valence-corrected chi connectivity index (χ3v) is 3.74. The highest BCUT2D eigenvalue weighted by molar-refractivity contribution is 5.28. The molecule has 21 heavy (non-hydrogen) atoms. The average Bonchev–Trinajstić information content (AvgIpc) is 2.38. The van der Waals surface area contributed by atoms with E-state index in [1.165, 1.54) is 11.1 Å². The van der Waals surface area contributed by atoms with E-state index in [1.807, 2.05) is 0 Å². The van der Waals surface area contributed by atoms with Crippen LogP contribution in [0.1, 0.15) is 65.1 Å². The van der Waals surface area contributed by atoms with Crippen LogP contribution in [-0.4, -0.2) is 18.8 Å². The van der Waals surface area contributed by atoms with Crippen LogP contribution in [0.4, 0.5) is 0 Å². The van der Waals surface area contributed by atoms with E-state index in [9.17, 15) is 0 Å². The van der Waals surface area contributed by atoms with Crippen molar-refractivity contribution in [3.8, 4) is 0 Å². The largest absolute Gasteiger partial charge is 0.374 e. The van der Waals surface area contributed by atoms with Crippen LogP contribution in [0, 0.1) is 5.92 Å². The molecule has 2 heteroatoms. The second kappa shape index (κ2) is 8.55. The smallest absolute Gasteiger partial charge is 0.0820 e. The minimum atomic E-state index is -0.208. The Morgan fingerprint density at radius 1 is 1.19 bits per heavy atom. The Kier molecular flexibility index (Phi) is 7.41. The van der Waals surface area contributed by atoms with Crippen molar-refractivity contribution in [2.75, 3.05) is 13.2 Å². The van der Waals surface area contributed by atoms with Gasteiger partial charge in [-0.05, 0) is 57.2 Å². The quantitative estimate of drug-likeness (QED) is 0.709. The van der Waals surface area contributed by atoms with Gasteiger partial charge < -0.3 is 10.1 Å². The first-order valence-electron chi connectivity index (χ1n) is 8.36. The normalized spacial score (nSPS) is 13.7. The maximum absolute atomic E-state index is 6.00. The molecule has 0 heterocycles. The van der Waals surface area contributed by atoms with Gasteiger partial charge in [-0.1, -0.05) is 45.0 Å². The van der Waals surface area contributed by atoms with E-state index in [0.717, 1.165) is 26.0 Å². The molecule has 0 amide bonds. The second-order valence-corrected chi connectivity index (χ2v) is 6.77. The molecule has 1 aromatic rings. The summed E-state index contributed by atoms with van der Waals surface area (Å²) in [6.07, 6.45) is 2.26. The molecule has 0 fully saturated rings. The molecule has 0 radical (unpaired) electrons. The fraction of sp³-hybridized carbons (Fsp3) is 0.684. The first-order chi connectivity index (χ1) is 9.90. The second-order valence-electron chi connectivity index (χ2n) is 6.77. The topological polar surface area (TPSA) is 21.3 Å². The zero-order chi connectivity index (χ0) is 15.9. The van der Waals surface area contributed by atoms with E-state index in [0.29, 0.717) is 5.92 Å². The Morgan fingerprint density at radius 3 is 2.48 bits per heavy atom. The standard InChI is InChI=1S/C19H33NO/c1-7-12-20-18(19(5,6)21-8-2)17-11-9-10-16(14-17)13-15(3)4/h9-11,14-15,18,20H,7-8,12-13H2,1-6H3. The maximum atomic E-state index is 6.00. The van der Waals surface area contributed by atoms with Crippen molar-refractivity contribution in [2.24, 2.45) is 5.92 Å². The van der Waals surface area contributed by atoms with Gasteiger partial charge in [0.25, 0.3) is 0 Å². The van der Waals surface area contributed by atoms with E-state index in [1.54, 1.807) is 0 Å². The molecule has 0 aliphatic carbocycles. The summed E-state index contributed by atoms with van der Waals surface area (Å²) in [5.41, 5.74) is 2.54. The fourth-order valence-corrected chi connectivity index (χ4v) is 2.88. The number of nitrogens with one attached hydrogen (secondary N) is 1. The Balaban J connectivity index is 3.02. The van der Waals surface area contributed by atoms with Gasteiger partial charge in [-0.15, -0.1) is 0 Å². The number of hydrogen-bond donors (Lipinski definition) is 1. The molecular weight excluding hydrogens is 258 g/mol. The lowest BCUT2D eigenvalue weighted by Crippen LogP contribution is -2.42.